The van der Waals surface area contributed by atoms with Crippen molar-refractivity contribution in [2.45, 2.75) is 58.7 Å². The molecule has 0 saturated carbocycles. The molecule has 1 fully saturated rings. The van der Waals surface area contributed by atoms with Crippen molar-refractivity contribution in [1.82, 2.24) is 20.0 Å². The number of fused-ring (bicyclic) bond motifs is 1. The average Bonchev–Trinajstić information content (AvgIpc) is 3.17. The van der Waals surface area contributed by atoms with E-state index >= 15 is 0 Å². The van der Waals surface area contributed by atoms with Crippen LogP contribution in [0.2, 0.25) is 0 Å². The number of likely N-dealkylation sites (tertiary alicyclic amines) is 1. The second-order valence-electron chi connectivity index (χ2n) is 8.76. The molecule has 1 N–H and O–H groups in total. The van der Waals surface area contributed by atoms with Gasteiger partial charge < -0.3 is 9.80 Å². The molecule has 0 radical (unpaired) electrons. The Labute approximate surface area is 184 Å². The molecular weight excluding hydrogens is 421 g/mol. The number of benzene rings is 1. The van der Waals surface area contributed by atoms with Crippen LogP contribution in [-0.2, 0) is 23.9 Å². The largest absolute Gasteiger partial charge is 0.416 e. The van der Waals surface area contributed by atoms with Gasteiger partial charge in [0.2, 0.25) is 5.91 Å². The van der Waals surface area contributed by atoms with Gasteiger partial charge in [0.1, 0.15) is 0 Å². The Morgan fingerprint density at radius 3 is 2.41 bits per heavy atom. The molecule has 1 saturated heterocycles. The van der Waals surface area contributed by atoms with E-state index in [9.17, 15) is 22.8 Å². The van der Waals surface area contributed by atoms with Crippen LogP contribution in [0.1, 0.15) is 69.7 Å². The van der Waals surface area contributed by atoms with Gasteiger partial charge >= 0.3 is 6.18 Å². The van der Waals surface area contributed by atoms with Crippen molar-refractivity contribution in [3.8, 4) is 0 Å². The number of H-pyrrole nitrogens is 1. The minimum Gasteiger partial charge on any atom is -0.338 e. The highest BCUT2D eigenvalue weighted by Gasteiger charge is 2.39. The minimum atomic E-state index is -4.41. The van der Waals surface area contributed by atoms with E-state index in [0.717, 1.165) is 11.3 Å². The normalized spacial score (nSPS) is 17.4. The van der Waals surface area contributed by atoms with Crippen molar-refractivity contribution in [3.63, 3.8) is 0 Å². The number of halogens is 3. The van der Waals surface area contributed by atoms with E-state index in [1.54, 1.807) is 28.9 Å². The fraction of sp³-hybridized carbons (Fsp3) is 0.522. The lowest BCUT2D eigenvalue weighted by Crippen LogP contribution is -2.40. The van der Waals surface area contributed by atoms with Gasteiger partial charge in [0, 0.05) is 50.8 Å². The highest BCUT2D eigenvalue weighted by Crippen LogP contribution is 2.41. The molecule has 2 aromatic rings. The highest BCUT2D eigenvalue weighted by atomic mass is 19.4. The fourth-order valence-corrected chi connectivity index (χ4v) is 4.84. The summed E-state index contributed by atoms with van der Waals surface area (Å²) < 4.78 is 41.3. The zero-order chi connectivity index (χ0) is 23.2. The number of carbonyl (C=O) groups excluding carboxylic acids is 2. The zero-order valence-corrected chi connectivity index (χ0v) is 18.5. The minimum absolute atomic E-state index is 0.0510. The Balaban J connectivity index is 1.50. The average molecular weight is 448 g/mol. The predicted molar refractivity (Wildman–Crippen MR) is 112 cm³/mol. The van der Waals surface area contributed by atoms with Crippen LogP contribution in [0.5, 0.6) is 0 Å². The Morgan fingerprint density at radius 2 is 1.78 bits per heavy atom. The van der Waals surface area contributed by atoms with Gasteiger partial charge in [-0.2, -0.15) is 18.3 Å². The van der Waals surface area contributed by atoms with Crippen molar-refractivity contribution in [1.29, 1.82) is 0 Å². The molecule has 9 heteroatoms. The first-order valence-corrected chi connectivity index (χ1v) is 10.9. The first kappa shape index (κ1) is 22.4. The summed E-state index contributed by atoms with van der Waals surface area (Å²) in [5.74, 6) is -0.538. The Hall–Kier alpha value is -2.84. The van der Waals surface area contributed by atoms with Gasteiger partial charge in [0.05, 0.1) is 5.56 Å². The van der Waals surface area contributed by atoms with E-state index in [1.807, 2.05) is 0 Å². The van der Waals surface area contributed by atoms with Crippen molar-refractivity contribution in [3.05, 3.63) is 51.3 Å². The number of aryl methyl sites for hydroxylation is 1. The summed E-state index contributed by atoms with van der Waals surface area (Å²) in [6, 6.07) is 3.34. The summed E-state index contributed by atoms with van der Waals surface area (Å²) in [5.41, 5.74) is 2.60. The molecule has 2 aliphatic heterocycles. The van der Waals surface area contributed by atoms with E-state index in [-0.39, 0.29) is 23.3 Å². The Kier molecular flexibility index (Phi) is 5.77. The number of nitrogens with one attached hydrogen (secondary N) is 1. The van der Waals surface area contributed by atoms with Gasteiger partial charge in [-0.25, -0.2) is 0 Å². The van der Waals surface area contributed by atoms with Crippen LogP contribution in [0.15, 0.2) is 12.1 Å². The number of amides is 2. The third kappa shape index (κ3) is 4.00. The molecule has 2 aliphatic rings. The van der Waals surface area contributed by atoms with Gasteiger partial charge in [-0.05, 0) is 49.3 Å². The van der Waals surface area contributed by atoms with Crippen molar-refractivity contribution in [2.24, 2.45) is 0 Å². The number of aromatic amines is 1. The lowest BCUT2D eigenvalue weighted by molar-refractivity contribution is -0.139. The van der Waals surface area contributed by atoms with Crippen molar-refractivity contribution >= 4 is 11.8 Å². The molecule has 0 bridgehead atoms. The molecule has 0 aliphatic carbocycles. The first-order valence-electron chi connectivity index (χ1n) is 10.9. The van der Waals surface area contributed by atoms with E-state index in [4.69, 9.17) is 0 Å². The van der Waals surface area contributed by atoms with E-state index in [1.165, 1.54) is 13.8 Å². The molecular formula is C23H27F3N4O2. The van der Waals surface area contributed by atoms with Gasteiger partial charge in [-0.1, -0.05) is 12.1 Å². The van der Waals surface area contributed by atoms with Crippen LogP contribution in [0, 0.1) is 13.8 Å². The number of hydrogen-bond donors (Lipinski definition) is 1. The highest BCUT2D eigenvalue weighted by molar-refractivity contribution is 5.94. The second-order valence-corrected chi connectivity index (χ2v) is 8.76. The van der Waals surface area contributed by atoms with Crippen molar-refractivity contribution in [2.75, 3.05) is 19.6 Å². The maximum Gasteiger partial charge on any atom is 0.416 e. The third-order valence-corrected chi connectivity index (χ3v) is 6.85. The van der Waals surface area contributed by atoms with Crippen LogP contribution in [-0.4, -0.2) is 51.4 Å². The van der Waals surface area contributed by atoms with Crippen LogP contribution >= 0.6 is 0 Å². The molecule has 3 heterocycles. The van der Waals surface area contributed by atoms with Gasteiger partial charge in [-0.3, -0.25) is 14.7 Å². The molecule has 6 nitrogen and oxygen atoms in total. The molecule has 2 amide bonds. The number of aromatic nitrogens is 2. The molecule has 0 atom stereocenters. The SMILES string of the molecule is CC(=O)N1CCc2[nH]nc(C(=O)N3CCC(c4ccc(C)c(C)c4C(F)(F)F)CC3)c2C1. The first-order chi connectivity index (χ1) is 15.1. The predicted octanol–water partition coefficient (Wildman–Crippen LogP) is 3.97. The maximum absolute atomic E-state index is 13.8. The fourth-order valence-electron chi connectivity index (χ4n) is 4.84. The Morgan fingerprint density at radius 1 is 1.09 bits per heavy atom. The summed E-state index contributed by atoms with van der Waals surface area (Å²) >= 11 is 0. The van der Waals surface area contributed by atoms with Crippen LogP contribution in [0.3, 0.4) is 0 Å². The number of piperidine rings is 1. The molecule has 0 spiro atoms. The molecule has 4 rings (SSSR count). The summed E-state index contributed by atoms with van der Waals surface area (Å²) in [5, 5.41) is 7.12. The number of hydrogen-bond acceptors (Lipinski definition) is 3. The Bertz CT molecular complexity index is 1050. The number of nitrogens with zero attached hydrogens (tertiary/aromatic N) is 3. The number of rotatable bonds is 2. The lowest BCUT2D eigenvalue weighted by atomic mass is 9.83. The summed E-state index contributed by atoms with van der Waals surface area (Å²) in [4.78, 5) is 28.2. The number of alkyl halides is 3. The summed E-state index contributed by atoms with van der Waals surface area (Å²) in [6.45, 7) is 6.37. The number of carbonyl (C=O) groups is 2. The van der Waals surface area contributed by atoms with Crippen LogP contribution in [0.4, 0.5) is 13.2 Å². The van der Waals surface area contributed by atoms with Crippen molar-refractivity contribution < 1.29 is 22.8 Å². The van der Waals surface area contributed by atoms with E-state index in [2.05, 4.69) is 10.2 Å². The van der Waals surface area contributed by atoms with Gasteiger partial charge in [0.25, 0.3) is 5.91 Å². The van der Waals surface area contributed by atoms with Gasteiger partial charge in [-0.15, -0.1) is 0 Å². The van der Waals surface area contributed by atoms with Crippen LogP contribution < -0.4 is 0 Å². The molecule has 172 valence electrons. The maximum atomic E-state index is 13.8. The lowest BCUT2D eigenvalue weighted by Gasteiger charge is -2.34. The standard InChI is InChI=1S/C23H27F3N4O2/c1-13-4-5-17(20(14(13)2)23(24,25)26)16-6-9-29(10-7-16)22(32)21-18-12-30(15(3)31)11-8-19(18)27-28-21/h4-5,16H,6-12H2,1-3H3,(H,27,28). The second kappa shape index (κ2) is 8.26. The summed E-state index contributed by atoms with van der Waals surface area (Å²) in [7, 11) is 0. The zero-order valence-electron chi connectivity index (χ0n) is 18.5. The van der Waals surface area contributed by atoms with Crippen LogP contribution in [0.25, 0.3) is 0 Å². The molecule has 1 aromatic heterocycles. The third-order valence-electron chi connectivity index (χ3n) is 6.85. The monoisotopic (exact) mass is 448 g/mol. The smallest absolute Gasteiger partial charge is 0.338 e. The van der Waals surface area contributed by atoms with E-state index < -0.39 is 11.7 Å². The molecule has 1 aromatic carbocycles. The van der Waals surface area contributed by atoms with E-state index in [0.29, 0.717) is 62.3 Å². The molecule has 32 heavy (non-hydrogen) atoms. The van der Waals surface area contributed by atoms with Gasteiger partial charge in [0.15, 0.2) is 5.69 Å². The molecule has 0 unspecified atom stereocenters. The quantitative estimate of drug-likeness (QED) is 0.756. The summed E-state index contributed by atoms with van der Waals surface area (Å²) in [6.07, 6.45) is -2.87. The topological polar surface area (TPSA) is 69.3 Å².